The van der Waals surface area contributed by atoms with Gasteiger partial charge in [0.15, 0.2) is 11.5 Å². The number of nitrogens with one attached hydrogen (secondary N) is 1. The molecule has 1 fully saturated rings. The van der Waals surface area contributed by atoms with Crippen molar-refractivity contribution in [1.29, 1.82) is 0 Å². The van der Waals surface area contributed by atoms with E-state index < -0.39 is 0 Å². The van der Waals surface area contributed by atoms with E-state index in [0.29, 0.717) is 6.61 Å². The minimum absolute atomic E-state index is 0.692. The summed E-state index contributed by atoms with van der Waals surface area (Å²) in [6, 6.07) is 6.06. The third-order valence-electron chi connectivity index (χ3n) is 3.48. The van der Waals surface area contributed by atoms with Gasteiger partial charge in [0.1, 0.15) is 6.61 Å². The Bertz CT molecular complexity index is 428. The Morgan fingerprint density at radius 2 is 2.10 bits per heavy atom. The smallest absolute Gasteiger partial charge is 0.161 e. The van der Waals surface area contributed by atoms with Gasteiger partial charge >= 0.3 is 0 Å². The van der Waals surface area contributed by atoms with E-state index in [0.717, 1.165) is 50.6 Å². The van der Waals surface area contributed by atoms with Crippen LogP contribution in [0.1, 0.15) is 5.56 Å². The van der Waals surface area contributed by atoms with Crippen molar-refractivity contribution in [3.05, 3.63) is 36.4 Å². The number of ether oxygens (including phenoxy) is 2. The highest BCUT2D eigenvalue weighted by atomic mass is 16.5. The van der Waals surface area contributed by atoms with E-state index in [4.69, 9.17) is 9.47 Å². The van der Waals surface area contributed by atoms with Crippen LogP contribution < -0.4 is 14.8 Å². The molecule has 1 aliphatic rings. The Kier molecular flexibility index (Phi) is 5.89. The first-order chi connectivity index (χ1) is 9.83. The fourth-order valence-electron chi connectivity index (χ4n) is 2.34. The molecule has 1 saturated heterocycles. The van der Waals surface area contributed by atoms with Crippen LogP contribution in [-0.2, 0) is 6.42 Å². The second-order valence-electron chi connectivity index (χ2n) is 4.92. The van der Waals surface area contributed by atoms with E-state index in [-0.39, 0.29) is 0 Å². The molecule has 0 aliphatic carbocycles. The van der Waals surface area contributed by atoms with Gasteiger partial charge in [-0.05, 0) is 24.1 Å². The van der Waals surface area contributed by atoms with Gasteiger partial charge in [0.25, 0.3) is 0 Å². The average molecular weight is 276 g/mol. The molecule has 1 N–H and O–H groups in total. The van der Waals surface area contributed by atoms with Crippen LogP contribution in [0.25, 0.3) is 0 Å². The molecule has 1 aromatic carbocycles. The summed E-state index contributed by atoms with van der Waals surface area (Å²) < 4.78 is 11.2. The second kappa shape index (κ2) is 7.92. The van der Waals surface area contributed by atoms with Gasteiger partial charge in [-0.3, -0.25) is 4.90 Å². The predicted molar refractivity (Wildman–Crippen MR) is 81.7 cm³/mol. The Hall–Kier alpha value is -1.52. The zero-order valence-electron chi connectivity index (χ0n) is 12.2. The van der Waals surface area contributed by atoms with Crippen molar-refractivity contribution in [2.75, 3.05) is 46.4 Å². The maximum atomic E-state index is 5.85. The zero-order valence-corrected chi connectivity index (χ0v) is 12.2. The molecule has 110 valence electrons. The predicted octanol–water partition coefficient (Wildman–Crippen LogP) is 1.71. The van der Waals surface area contributed by atoms with Crippen molar-refractivity contribution in [2.24, 2.45) is 0 Å². The van der Waals surface area contributed by atoms with Gasteiger partial charge in [-0.15, -0.1) is 6.58 Å². The van der Waals surface area contributed by atoms with Crippen molar-refractivity contribution >= 4 is 0 Å². The van der Waals surface area contributed by atoms with Crippen molar-refractivity contribution in [2.45, 2.75) is 6.42 Å². The lowest BCUT2D eigenvalue weighted by molar-refractivity contribution is 0.188. The SMILES string of the molecule is C=CCc1ccc(OCCN2CCNCC2)c(OC)c1. The molecule has 0 spiro atoms. The van der Waals surface area contributed by atoms with Crippen molar-refractivity contribution in [3.63, 3.8) is 0 Å². The molecule has 2 rings (SSSR count). The summed E-state index contributed by atoms with van der Waals surface area (Å²) in [5, 5.41) is 3.35. The fourth-order valence-corrected chi connectivity index (χ4v) is 2.34. The van der Waals surface area contributed by atoms with Crippen molar-refractivity contribution < 1.29 is 9.47 Å². The van der Waals surface area contributed by atoms with Crippen LogP contribution in [0.3, 0.4) is 0 Å². The maximum Gasteiger partial charge on any atom is 0.161 e. The highest BCUT2D eigenvalue weighted by molar-refractivity contribution is 5.43. The first-order valence-electron chi connectivity index (χ1n) is 7.17. The summed E-state index contributed by atoms with van der Waals surface area (Å²) in [6.07, 6.45) is 2.73. The van der Waals surface area contributed by atoms with Gasteiger partial charge in [-0.1, -0.05) is 12.1 Å². The standard InChI is InChI=1S/C16H24N2O2/c1-3-4-14-5-6-15(16(13-14)19-2)20-12-11-18-9-7-17-8-10-18/h3,5-6,13,17H,1,4,7-12H2,2H3. The maximum absolute atomic E-state index is 5.85. The molecule has 1 aliphatic heterocycles. The van der Waals surface area contributed by atoms with Crippen molar-refractivity contribution in [3.8, 4) is 11.5 Å². The zero-order chi connectivity index (χ0) is 14.2. The minimum Gasteiger partial charge on any atom is -0.493 e. The van der Waals surface area contributed by atoms with Crippen LogP contribution in [0.15, 0.2) is 30.9 Å². The van der Waals surface area contributed by atoms with E-state index in [1.807, 2.05) is 18.2 Å². The molecule has 0 atom stereocenters. The fraction of sp³-hybridized carbons (Fsp3) is 0.500. The number of piperazine rings is 1. The molecule has 4 heteroatoms. The highest BCUT2D eigenvalue weighted by Crippen LogP contribution is 2.28. The first-order valence-corrected chi connectivity index (χ1v) is 7.17. The van der Waals surface area contributed by atoms with Crippen LogP contribution in [0.2, 0.25) is 0 Å². The van der Waals surface area contributed by atoms with Gasteiger partial charge < -0.3 is 14.8 Å². The number of benzene rings is 1. The molecule has 0 bridgehead atoms. The van der Waals surface area contributed by atoms with Gasteiger partial charge in [0.2, 0.25) is 0 Å². The van der Waals surface area contributed by atoms with Gasteiger partial charge in [-0.2, -0.15) is 0 Å². The van der Waals surface area contributed by atoms with Gasteiger partial charge in [0.05, 0.1) is 7.11 Å². The Labute approximate surface area is 121 Å². The molecule has 0 amide bonds. The van der Waals surface area contributed by atoms with Crippen LogP contribution in [0.5, 0.6) is 11.5 Å². The molecule has 4 nitrogen and oxygen atoms in total. The Morgan fingerprint density at radius 1 is 1.30 bits per heavy atom. The van der Waals surface area contributed by atoms with Crippen molar-refractivity contribution in [1.82, 2.24) is 10.2 Å². The Balaban J connectivity index is 1.86. The molecule has 1 aromatic rings. The number of hydrogen-bond acceptors (Lipinski definition) is 4. The number of hydrogen-bond donors (Lipinski definition) is 1. The lowest BCUT2D eigenvalue weighted by atomic mass is 10.1. The van der Waals surface area contributed by atoms with E-state index >= 15 is 0 Å². The topological polar surface area (TPSA) is 33.7 Å². The Morgan fingerprint density at radius 3 is 2.80 bits per heavy atom. The summed E-state index contributed by atoms with van der Waals surface area (Å²) in [4.78, 5) is 2.41. The molecular formula is C16H24N2O2. The van der Waals surface area contributed by atoms with Crippen LogP contribution in [0.4, 0.5) is 0 Å². The summed E-state index contributed by atoms with van der Waals surface area (Å²) in [7, 11) is 1.68. The van der Waals surface area contributed by atoms with Crippen LogP contribution in [0, 0.1) is 0 Å². The molecule has 0 unspecified atom stereocenters. The molecule has 1 heterocycles. The third kappa shape index (κ3) is 4.25. The molecule has 0 radical (unpaired) electrons. The lowest BCUT2D eigenvalue weighted by Gasteiger charge is -2.27. The van der Waals surface area contributed by atoms with E-state index in [9.17, 15) is 0 Å². The second-order valence-corrected chi connectivity index (χ2v) is 4.92. The van der Waals surface area contributed by atoms with Gasteiger partial charge in [0, 0.05) is 32.7 Å². The van der Waals surface area contributed by atoms with E-state index in [1.54, 1.807) is 7.11 Å². The summed E-state index contributed by atoms with van der Waals surface area (Å²) >= 11 is 0. The normalized spacial score (nSPS) is 15.8. The average Bonchev–Trinajstić information content (AvgIpc) is 2.50. The number of methoxy groups -OCH3 is 1. The summed E-state index contributed by atoms with van der Waals surface area (Å²) in [6.45, 7) is 9.73. The lowest BCUT2D eigenvalue weighted by Crippen LogP contribution is -2.44. The van der Waals surface area contributed by atoms with Crippen LogP contribution >= 0.6 is 0 Å². The van der Waals surface area contributed by atoms with Gasteiger partial charge in [-0.25, -0.2) is 0 Å². The number of nitrogens with zero attached hydrogens (tertiary/aromatic N) is 1. The van der Waals surface area contributed by atoms with Crippen LogP contribution in [-0.4, -0.2) is 51.3 Å². The molecular weight excluding hydrogens is 252 g/mol. The van der Waals surface area contributed by atoms with E-state index in [1.165, 1.54) is 5.56 Å². The first kappa shape index (κ1) is 14.9. The summed E-state index contributed by atoms with van der Waals surface area (Å²) in [5.41, 5.74) is 1.19. The number of allylic oxidation sites excluding steroid dienone is 1. The minimum atomic E-state index is 0.692. The molecule has 20 heavy (non-hydrogen) atoms. The quantitative estimate of drug-likeness (QED) is 0.769. The van der Waals surface area contributed by atoms with E-state index in [2.05, 4.69) is 22.9 Å². The largest absolute Gasteiger partial charge is 0.493 e. The monoisotopic (exact) mass is 276 g/mol. The number of rotatable bonds is 7. The highest BCUT2D eigenvalue weighted by Gasteiger charge is 2.10. The summed E-state index contributed by atoms with van der Waals surface area (Å²) in [5.74, 6) is 1.61. The third-order valence-corrected chi connectivity index (χ3v) is 3.48. The molecule has 0 aromatic heterocycles. The molecule has 0 saturated carbocycles.